The Morgan fingerprint density at radius 2 is 1.92 bits per heavy atom. The molecule has 2 aliphatic heterocycles. The monoisotopic (exact) mass is 343 g/mol. The van der Waals surface area contributed by atoms with Crippen molar-refractivity contribution in [1.82, 2.24) is 10.1 Å². The second-order valence-corrected chi connectivity index (χ2v) is 7.44. The molecule has 1 aromatic heterocycles. The Kier molecular flexibility index (Phi) is 3.67. The highest BCUT2D eigenvalue weighted by atomic mass is 16.6. The van der Waals surface area contributed by atoms with Crippen LogP contribution < -0.4 is 14.4 Å². The van der Waals surface area contributed by atoms with Gasteiger partial charge in [-0.25, -0.2) is 0 Å². The minimum absolute atomic E-state index is 0.0391. The Morgan fingerprint density at radius 1 is 1.16 bits per heavy atom. The molecular weight excluding hydrogens is 322 g/mol. The van der Waals surface area contributed by atoms with E-state index in [0.29, 0.717) is 49.4 Å². The molecule has 0 aliphatic carbocycles. The molecule has 4 rings (SSSR count). The van der Waals surface area contributed by atoms with Gasteiger partial charge in [0, 0.05) is 30.1 Å². The highest BCUT2D eigenvalue weighted by molar-refractivity contribution is 5.96. The smallest absolute Gasteiger partial charge is 0.232 e. The fraction of sp³-hybridized carbons (Fsp3) is 0.500. The van der Waals surface area contributed by atoms with Gasteiger partial charge in [-0.05, 0) is 12.1 Å². The van der Waals surface area contributed by atoms with Crippen molar-refractivity contribution in [1.29, 1.82) is 0 Å². The Bertz CT molecular complexity index is 809. The average molecular weight is 343 g/mol. The van der Waals surface area contributed by atoms with Gasteiger partial charge in [0.2, 0.25) is 11.8 Å². The number of anilines is 1. The molecule has 25 heavy (non-hydrogen) atoms. The van der Waals surface area contributed by atoms with Crippen LogP contribution in [0.3, 0.4) is 0 Å². The summed E-state index contributed by atoms with van der Waals surface area (Å²) in [7, 11) is 0. The molecule has 0 radical (unpaired) electrons. The molecule has 0 saturated carbocycles. The van der Waals surface area contributed by atoms with Crippen molar-refractivity contribution in [3.63, 3.8) is 0 Å². The van der Waals surface area contributed by atoms with Gasteiger partial charge in [0.05, 0.1) is 5.92 Å². The molecule has 7 heteroatoms. The molecule has 1 unspecified atom stereocenters. The quantitative estimate of drug-likeness (QED) is 0.834. The molecule has 0 bridgehead atoms. The summed E-state index contributed by atoms with van der Waals surface area (Å²) < 4.78 is 16.6. The number of carbonyl (C=O) groups is 1. The van der Waals surface area contributed by atoms with Gasteiger partial charge in [-0.3, -0.25) is 4.79 Å². The first-order valence-electron chi connectivity index (χ1n) is 8.46. The van der Waals surface area contributed by atoms with E-state index in [4.69, 9.17) is 14.0 Å². The number of rotatable bonds is 2. The number of ether oxygens (including phenoxy) is 2. The first kappa shape index (κ1) is 15.9. The van der Waals surface area contributed by atoms with Gasteiger partial charge in [-0.2, -0.15) is 4.98 Å². The average Bonchev–Trinajstić information content (AvgIpc) is 3.21. The SMILES string of the molecule is CC(C)(C)c1noc(C2CC(=O)N(c3ccc4c(c3)OCCO4)C2)n1. The molecule has 1 saturated heterocycles. The minimum Gasteiger partial charge on any atom is -0.486 e. The van der Waals surface area contributed by atoms with Crippen molar-refractivity contribution in [2.45, 2.75) is 38.5 Å². The van der Waals surface area contributed by atoms with Crippen molar-refractivity contribution in [3.8, 4) is 11.5 Å². The van der Waals surface area contributed by atoms with Crippen LogP contribution in [-0.2, 0) is 10.2 Å². The predicted octanol–water partition coefficient (Wildman–Crippen LogP) is 2.66. The summed E-state index contributed by atoms with van der Waals surface area (Å²) >= 11 is 0. The fourth-order valence-electron chi connectivity index (χ4n) is 3.03. The number of carbonyl (C=O) groups excluding carboxylic acids is 1. The zero-order valence-corrected chi connectivity index (χ0v) is 14.6. The number of hydrogen-bond acceptors (Lipinski definition) is 6. The third-order valence-corrected chi connectivity index (χ3v) is 4.42. The summed E-state index contributed by atoms with van der Waals surface area (Å²) in [5.74, 6) is 2.52. The van der Waals surface area contributed by atoms with Crippen LogP contribution in [-0.4, -0.2) is 35.8 Å². The van der Waals surface area contributed by atoms with E-state index in [1.54, 1.807) is 4.90 Å². The maximum absolute atomic E-state index is 12.5. The Balaban J connectivity index is 1.55. The van der Waals surface area contributed by atoms with Crippen molar-refractivity contribution in [3.05, 3.63) is 29.9 Å². The van der Waals surface area contributed by atoms with Gasteiger partial charge in [-0.15, -0.1) is 0 Å². The molecular formula is C18H21N3O4. The van der Waals surface area contributed by atoms with Crippen LogP contribution in [0.2, 0.25) is 0 Å². The maximum Gasteiger partial charge on any atom is 0.232 e. The molecule has 1 amide bonds. The molecule has 0 spiro atoms. The lowest BCUT2D eigenvalue weighted by Crippen LogP contribution is -2.25. The predicted molar refractivity (Wildman–Crippen MR) is 90.1 cm³/mol. The number of nitrogens with zero attached hydrogens (tertiary/aromatic N) is 3. The van der Waals surface area contributed by atoms with E-state index in [0.717, 1.165) is 5.69 Å². The van der Waals surface area contributed by atoms with E-state index in [-0.39, 0.29) is 17.2 Å². The molecule has 132 valence electrons. The second kappa shape index (κ2) is 5.75. The van der Waals surface area contributed by atoms with Crippen molar-refractivity contribution < 1.29 is 18.8 Å². The lowest BCUT2D eigenvalue weighted by Gasteiger charge is -2.22. The summed E-state index contributed by atoms with van der Waals surface area (Å²) in [6, 6.07) is 5.57. The van der Waals surface area contributed by atoms with Gasteiger partial charge in [-0.1, -0.05) is 25.9 Å². The number of benzene rings is 1. The van der Waals surface area contributed by atoms with Gasteiger partial charge in [0.15, 0.2) is 17.3 Å². The van der Waals surface area contributed by atoms with Crippen molar-refractivity contribution >= 4 is 11.6 Å². The Hall–Kier alpha value is -2.57. The van der Waals surface area contributed by atoms with Crippen LogP contribution in [0.5, 0.6) is 11.5 Å². The lowest BCUT2D eigenvalue weighted by molar-refractivity contribution is -0.117. The first-order valence-corrected chi connectivity index (χ1v) is 8.46. The van der Waals surface area contributed by atoms with Crippen LogP contribution in [0.15, 0.2) is 22.7 Å². The third kappa shape index (κ3) is 2.94. The first-order chi connectivity index (χ1) is 11.9. The van der Waals surface area contributed by atoms with Crippen molar-refractivity contribution in [2.24, 2.45) is 0 Å². The highest BCUT2D eigenvalue weighted by Crippen LogP contribution is 2.37. The molecule has 7 nitrogen and oxygen atoms in total. The van der Waals surface area contributed by atoms with E-state index in [1.807, 2.05) is 39.0 Å². The maximum atomic E-state index is 12.5. The van der Waals surface area contributed by atoms with E-state index in [9.17, 15) is 4.79 Å². The highest BCUT2D eigenvalue weighted by Gasteiger charge is 2.36. The molecule has 0 N–H and O–H groups in total. The van der Waals surface area contributed by atoms with Gasteiger partial charge >= 0.3 is 0 Å². The topological polar surface area (TPSA) is 77.7 Å². The van der Waals surface area contributed by atoms with Gasteiger partial charge in [0.1, 0.15) is 13.2 Å². The largest absolute Gasteiger partial charge is 0.486 e. The second-order valence-electron chi connectivity index (χ2n) is 7.44. The standard InChI is InChI=1S/C18H21N3O4/c1-18(2,3)17-19-16(25-20-17)11-8-15(22)21(10-11)12-4-5-13-14(9-12)24-7-6-23-13/h4-5,9,11H,6-8,10H2,1-3H3. The van der Waals surface area contributed by atoms with Gasteiger partial charge < -0.3 is 18.9 Å². The zero-order valence-electron chi connectivity index (χ0n) is 14.6. The molecule has 3 heterocycles. The summed E-state index contributed by atoms with van der Waals surface area (Å²) in [5, 5.41) is 4.06. The number of aromatic nitrogens is 2. The van der Waals surface area contributed by atoms with E-state index in [1.165, 1.54) is 0 Å². The van der Waals surface area contributed by atoms with Gasteiger partial charge in [0.25, 0.3) is 0 Å². The normalized spacial score (nSPS) is 20.2. The number of hydrogen-bond donors (Lipinski definition) is 0. The third-order valence-electron chi connectivity index (χ3n) is 4.42. The van der Waals surface area contributed by atoms with Crippen LogP contribution >= 0.6 is 0 Å². The summed E-state index contributed by atoms with van der Waals surface area (Å²) in [5.41, 5.74) is 0.618. The zero-order chi connectivity index (χ0) is 17.6. The Labute approximate surface area is 145 Å². The van der Waals surface area contributed by atoms with E-state index in [2.05, 4.69) is 10.1 Å². The van der Waals surface area contributed by atoms with Crippen molar-refractivity contribution in [2.75, 3.05) is 24.7 Å². The fourth-order valence-corrected chi connectivity index (χ4v) is 3.03. The van der Waals surface area contributed by atoms with E-state index < -0.39 is 0 Å². The molecule has 2 aliphatic rings. The minimum atomic E-state index is -0.181. The van der Waals surface area contributed by atoms with E-state index >= 15 is 0 Å². The Morgan fingerprint density at radius 3 is 2.64 bits per heavy atom. The number of fused-ring (bicyclic) bond motifs is 1. The summed E-state index contributed by atoms with van der Waals surface area (Å²) in [4.78, 5) is 18.7. The molecule has 1 atom stereocenters. The molecule has 2 aromatic rings. The summed E-state index contributed by atoms with van der Waals surface area (Å²) in [6.45, 7) is 7.67. The molecule has 1 aromatic carbocycles. The summed E-state index contributed by atoms with van der Waals surface area (Å²) in [6.07, 6.45) is 0.361. The van der Waals surface area contributed by atoms with Crippen LogP contribution in [0, 0.1) is 0 Å². The number of amides is 1. The van der Waals surface area contributed by atoms with Crippen LogP contribution in [0.1, 0.15) is 44.8 Å². The van der Waals surface area contributed by atoms with Crippen LogP contribution in [0.4, 0.5) is 5.69 Å². The lowest BCUT2D eigenvalue weighted by atomic mass is 9.96. The molecule has 1 fully saturated rings. The van der Waals surface area contributed by atoms with Crippen LogP contribution in [0.25, 0.3) is 0 Å².